The van der Waals surface area contributed by atoms with E-state index < -0.39 is 5.97 Å². The van der Waals surface area contributed by atoms with Crippen LogP contribution < -0.4 is 4.74 Å². The fraction of sp³-hybridized carbons (Fsp3) is 0.375. The predicted molar refractivity (Wildman–Crippen MR) is 83.0 cm³/mol. The molecule has 1 aromatic carbocycles. The third-order valence-electron chi connectivity index (χ3n) is 3.57. The van der Waals surface area contributed by atoms with E-state index in [9.17, 15) is 9.59 Å². The molecule has 6 nitrogen and oxygen atoms in total. The number of hydrogen-bond donors (Lipinski definition) is 2. The summed E-state index contributed by atoms with van der Waals surface area (Å²) in [6.07, 6.45) is 1.93. The number of aromatic nitrogens is 1. The van der Waals surface area contributed by atoms with Crippen LogP contribution in [0.3, 0.4) is 0 Å². The number of aliphatic carboxylic acids is 1. The van der Waals surface area contributed by atoms with Crippen LogP contribution in [0.2, 0.25) is 0 Å². The second kappa shape index (κ2) is 6.51. The maximum atomic E-state index is 12.4. The summed E-state index contributed by atoms with van der Waals surface area (Å²) < 4.78 is 5.20. The predicted octanol–water partition coefficient (Wildman–Crippen LogP) is 2.04. The van der Waals surface area contributed by atoms with Gasteiger partial charge in [0, 0.05) is 23.1 Å². The highest BCUT2D eigenvalue weighted by Crippen LogP contribution is 2.24. The molecule has 0 fully saturated rings. The van der Waals surface area contributed by atoms with E-state index in [1.165, 1.54) is 4.90 Å². The number of rotatable bonds is 6. The number of nitrogens with one attached hydrogen (secondary N) is 1. The van der Waals surface area contributed by atoms with Crippen molar-refractivity contribution in [3.63, 3.8) is 0 Å². The molecule has 2 aromatic rings. The van der Waals surface area contributed by atoms with Gasteiger partial charge in [-0.2, -0.15) is 0 Å². The molecule has 0 atom stereocenters. The zero-order valence-corrected chi connectivity index (χ0v) is 12.9. The van der Waals surface area contributed by atoms with Crippen LogP contribution in [0.25, 0.3) is 10.9 Å². The van der Waals surface area contributed by atoms with Gasteiger partial charge in [-0.05, 0) is 37.6 Å². The first-order valence-corrected chi connectivity index (χ1v) is 7.07. The number of carbonyl (C=O) groups excluding carboxylic acids is 1. The summed E-state index contributed by atoms with van der Waals surface area (Å²) in [5.41, 5.74) is 1.74. The first kappa shape index (κ1) is 15.9. The van der Waals surface area contributed by atoms with Gasteiger partial charge in [-0.25, -0.2) is 0 Å². The summed E-state index contributed by atoms with van der Waals surface area (Å²) in [5.74, 6) is -0.504. The number of methoxy groups -OCH3 is 1. The molecule has 22 heavy (non-hydrogen) atoms. The van der Waals surface area contributed by atoms with Gasteiger partial charge in [0.2, 0.25) is 5.91 Å². The van der Waals surface area contributed by atoms with E-state index in [1.807, 2.05) is 18.2 Å². The Morgan fingerprint density at radius 1 is 1.36 bits per heavy atom. The van der Waals surface area contributed by atoms with Crippen LogP contribution in [0.1, 0.15) is 19.4 Å². The molecule has 1 heterocycles. The van der Waals surface area contributed by atoms with Gasteiger partial charge in [-0.15, -0.1) is 0 Å². The van der Waals surface area contributed by atoms with Gasteiger partial charge >= 0.3 is 5.97 Å². The average Bonchev–Trinajstić information content (AvgIpc) is 2.86. The lowest BCUT2D eigenvalue weighted by Crippen LogP contribution is -2.41. The van der Waals surface area contributed by atoms with Gasteiger partial charge in [0.25, 0.3) is 0 Å². The maximum Gasteiger partial charge on any atom is 0.323 e. The van der Waals surface area contributed by atoms with Crippen LogP contribution in [-0.4, -0.2) is 46.6 Å². The molecule has 0 aliphatic heterocycles. The lowest BCUT2D eigenvalue weighted by atomic mass is 10.1. The van der Waals surface area contributed by atoms with E-state index in [0.717, 1.165) is 16.5 Å². The van der Waals surface area contributed by atoms with Crippen LogP contribution in [-0.2, 0) is 16.0 Å². The van der Waals surface area contributed by atoms with Crippen LogP contribution in [0.4, 0.5) is 0 Å². The zero-order chi connectivity index (χ0) is 16.3. The number of ether oxygens (including phenoxy) is 1. The van der Waals surface area contributed by atoms with Crippen molar-refractivity contribution in [1.82, 2.24) is 9.88 Å². The minimum atomic E-state index is -1.01. The molecule has 0 aliphatic rings. The number of nitrogens with zero attached hydrogens (tertiary/aromatic N) is 1. The summed E-state index contributed by atoms with van der Waals surface area (Å²) in [4.78, 5) is 27.8. The number of aromatic amines is 1. The van der Waals surface area contributed by atoms with Gasteiger partial charge in [-0.1, -0.05) is 0 Å². The first-order chi connectivity index (χ1) is 10.4. The van der Waals surface area contributed by atoms with Crippen molar-refractivity contribution >= 4 is 22.8 Å². The number of carboxylic acid groups (broad SMARTS) is 1. The molecule has 118 valence electrons. The molecule has 0 bridgehead atoms. The Morgan fingerprint density at radius 3 is 2.68 bits per heavy atom. The normalized spacial score (nSPS) is 10.9. The summed E-state index contributed by atoms with van der Waals surface area (Å²) in [7, 11) is 1.59. The Morgan fingerprint density at radius 2 is 2.09 bits per heavy atom. The van der Waals surface area contributed by atoms with Crippen LogP contribution >= 0.6 is 0 Å². The highest BCUT2D eigenvalue weighted by atomic mass is 16.5. The number of benzene rings is 1. The SMILES string of the molecule is COc1ccc2[nH]cc(CC(=O)N(CC(=O)O)C(C)C)c2c1. The minimum absolute atomic E-state index is 0.151. The summed E-state index contributed by atoms with van der Waals surface area (Å²) in [6.45, 7) is 3.32. The third kappa shape index (κ3) is 3.39. The topological polar surface area (TPSA) is 82.6 Å². The Balaban J connectivity index is 2.25. The largest absolute Gasteiger partial charge is 0.497 e. The second-order valence-corrected chi connectivity index (χ2v) is 5.41. The minimum Gasteiger partial charge on any atom is -0.497 e. The van der Waals surface area contributed by atoms with E-state index in [1.54, 1.807) is 27.2 Å². The molecule has 2 N–H and O–H groups in total. The van der Waals surface area contributed by atoms with Gasteiger partial charge < -0.3 is 19.7 Å². The fourth-order valence-electron chi connectivity index (χ4n) is 2.40. The van der Waals surface area contributed by atoms with Crippen molar-refractivity contribution in [2.24, 2.45) is 0 Å². The van der Waals surface area contributed by atoms with E-state index in [2.05, 4.69) is 4.98 Å². The van der Waals surface area contributed by atoms with Gasteiger partial charge in [0.15, 0.2) is 0 Å². The first-order valence-electron chi connectivity index (χ1n) is 7.07. The molecule has 1 aromatic heterocycles. The number of amides is 1. The molecule has 1 amide bonds. The molecular weight excluding hydrogens is 284 g/mol. The number of carboxylic acids is 1. The van der Waals surface area contributed by atoms with E-state index in [4.69, 9.17) is 9.84 Å². The van der Waals surface area contributed by atoms with Crippen LogP contribution in [0.15, 0.2) is 24.4 Å². The van der Waals surface area contributed by atoms with Crippen molar-refractivity contribution in [2.75, 3.05) is 13.7 Å². The molecule has 0 unspecified atom stereocenters. The molecule has 2 rings (SSSR count). The maximum absolute atomic E-state index is 12.4. The van der Waals surface area contributed by atoms with E-state index in [-0.39, 0.29) is 24.9 Å². The number of fused-ring (bicyclic) bond motifs is 1. The van der Waals surface area contributed by atoms with Crippen molar-refractivity contribution in [1.29, 1.82) is 0 Å². The fourth-order valence-corrected chi connectivity index (χ4v) is 2.40. The molecule has 0 saturated heterocycles. The summed E-state index contributed by atoms with van der Waals surface area (Å²) in [5, 5.41) is 9.84. The lowest BCUT2D eigenvalue weighted by Gasteiger charge is -2.24. The molecule has 0 aliphatic carbocycles. The van der Waals surface area contributed by atoms with Crippen LogP contribution in [0, 0.1) is 0 Å². The molecule has 0 radical (unpaired) electrons. The van der Waals surface area contributed by atoms with E-state index in [0.29, 0.717) is 5.75 Å². The van der Waals surface area contributed by atoms with Gasteiger partial charge in [0.1, 0.15) is 12.3 Å². The van der Waals surface area contributed by atoms with Gasteiger partial charge in [0.05, 0.1) is 13.5 Å². The quantitative estimate of drug-likeness (QED) is 0.855. The Bertz CT molecular complexity index is 691. The Labute approximate surface area is 128 Å². The van der Waals surface area contributed by atoms with E-state index >= 15 is 0 Å². The molecule has 6 heteroatoms. The van der Waals surface area contributed by atoms with Crippen molar-refractivity contribution < 1.29 is 19.4 Å². The van der Waals surface area contributed by atoms with Crippen molar-refractivity contribution in [3.05, 3.63) is 30.0 Å². The van der Waals surface area contributed by atoms with Crippen molar-refractivity contribution in [2.45, 2.75) is 26.3 Å². The molecule has 0 spiro atoms. The lowest BCUT2D eigenvalue weighted by molar-refractivity contribution is -0.145. The van der Waals surface area contributed by atoms with Crippen molar-refractivity contribution in [3.8, 4) is 5.75 Å². The summed E-state index contributed by atoms with van der Waals surface area (Å²) in [6, 6.07) is 5.43. The van der Waals surface area contributed by atoms with Gasteiger partial charge in [-0.3, -0.25) is 9.59 Å². The molecule has 0 saturated carbocycles. The number of H-pyrrole nitrogens is 1. The summed E-state index contributed by atoms with van der Waals surface area (Å²) >= 11 is 0. The standard InChI is InChI=1S/C16H20N2O4/c1-10(2)18(9-16(20)21)15(19)6-11-8-17-14-5-4-12(22-3)7-13(11)14/h4-5,7-8,10,17H,6,9H2,1-3H3,(H,20,21). The second-order valence-electron chi connectivity index (χ2n) is 5.41. The molecular formula is C16H20N2O4. The average molecular weight is 304 g/mol. The Kier molecular flexibility index (Phi) is 4.70. The number of carbonyl (C=O) groups is 2. The monoisotopic (exact) mass is 304 g/mol. The highest BCUT2D eigenvalue weighted by molar-refractivity contribution is 5.90. The number of hydrogen-bond acceptors (Lipinski definition) is 3. The Hall–Kier alpha value is -2.50. The third-order valence-corrected chi connectivity index (χ3v) is 3.57. The highest BCUT2D eigenvalue weighted by Gasteiger charge is 2.21. The smallest absolute Gasteiger partial charge is 0.323 e. The van der Waals surface area contributed by atoms with Crippen LogP contribution in [0.5, 0.6) is 5.75 Å². The zero-order valence-electron chi connectivity index (χ0n) is 12.9.